The van der Waals surface area contributed by atoms with Gasteiger partial charge in [0.2, 0.25) is 5.91 Å². The van der Waals surface area contributed by atoms with E-state index in [4.69, 9.17) is 5.11 Å². The average molecular weight is 299 g/mol. The molecular weight excluding hydrogens is 270 g/mol. The van der Waals surface area contributed by atoms with Crippen molar-refractivity contribution in [1.82, 2.24) is 15.1 Å². The first-order valence-corrected chi connectivity index (χ1v) is 7.92. The maximum atomic E-state index is 12.7. The number of hydrogen-bond acceptors (Lipinski definition) is 5. The largest absolute Gasteiger partial charge is 0.393 e. The van der Waals surface area contributed by atoms with Gasteiger partial charge >= 0.3 is 0 Å². The van der Waals surface area contributed by atoms with Crippen LogP contribution in [-0.4, -0.2) is 78.0 Å². The summed E-state index contributed by atoms with van der Waals surface area (Å²) in [6, 6.07) is -0.189. The summed E-state index contributed by atoms with van der Waals surface area (Å²) in [6.45, 7) is 7.27. The Bertz CT molecular complexity index is 350. The van der Waals surface area contributed by atoms with Crippen LogP contribution in [0, 0.1) is 17.8 Å². The molecule has 0 radical (unpaired) electrons. The maximum absolute atomic E-state index is 12.7. The number of carbonyl (C=O) groups excluding carboxylic acids is 1. The predicted molar refractivity (Wildman–Crippen MR) is 80.5 cm³/mol. The van der Waals surface area contributed by atoms with Crippen LogP contribution in [0.25, 0.3) is 0 Å². The van der Waals surface area contributed by atoms with Crippen LogP contribution in [0.2, 0.25) is 0 Å². The van der Waals surface area contributed by atoms with Gasteiger partial charge in [-0.25, -0.2) is 0 Å². The Morgan fingerprint density at radius 2 is 1.81 bits per heavy atom. The van der Waals surface area contributed by atoms with Crippen molar-refractivity contribution in [3.8, 4) is 0 Å². The number of nitrogens with zero attached hydrogens (tertiary/aromatic N) is 2. The third-order valence-corrected chi connectivity index (χ3v) is 4.92. The topological polar surface area (TPSA) is 76.0 Å². The molecule has 0 aromatic carbocycles. The number of nitrogens with one attached hydrogen (secondary N) is 1. The molecule has 6 nitrogen and oxygen atoms in total. The van der Waals surface area contributed by atoms with Gasteiger partial charge in [-0.2, -0.15) is 0 Å². The molecule has 0 aromatic rings. The second-order valence-corrected chi connectivity index (χ2v) is 6.83. The van der Waals surface area contributed by atoms with Crippen molar-refractivity contribution in [1.29, 1.82) is 0 Å². The summed E-state index contributed by atoms with van der Waals surface area (Å²) < 4.78 is 0. The highest BCUT2D eigenvalue weighted by Gasteiger charge is 2.42. The Balaban J connectivity index is 1.92. The first-order chi connectivity index (χ1) is 9.92. The van der Waals surface area contributed by atoms with E-state index in [9.17, 15) is 9.90 Å². The molecule has 3 N–H and O–H groups in total. The maximum Gasteiger partial charge on any atom is 0.226 e. The van der Waals surface area contributed by atoms with E-state index in [1.54, 1.807) is 6.92 Å². The van der Waals surface area contributed by atoms with Crippen LogP contribution in [0.15, 0.2) is 0 Å². The average Bonchev–Trinajstić information content (AvgIpc) is 2.93. The molecule has 0 bridgehead atoms. The van der Waals surface area contributed by atoms with Gasteiger partial charge in [0.15, 0.2) is 0 Å². The van der Waals surface area contributed by atoms with Crippen LogP contribution in [0.1, 0.15) is 20.3 Å². The third kappa shape index (κ3) is 3.94. The lowest BCUT2D eigenvalue weighted by atomic mass is 9.95. The normalized spacial score (nSPS) is 30.2. The van der Waals surface area contributed by atoms with E-state index in [1.807, 2.05) is 11.8 Å². The molecular formula is C15H29N3O3. The van der Waals surface area contributed by atoms with Crippen molar-refractivity contribution in [3.63, 3.8) is 0 Å². The van der Waals surface area contributed by atoms with Crippen molar-refractivity contribution in [2.75, 3.05) is 40.0 Å². The van der Waals surface area contributed by atoms with Gasteiger partial charge in [-0.3, -0.25) is 10.1 Å². The van der Waals surface area contributed by atoms with Crippen LogP contribution >= 0.6 is 0 Å². The highest BCUT2D eigenvalue weighted by Crippen LogP contribution is 2.31. The minimum absolute atomic E-state index is 0.138. The summed E-state index contributed by atoms with van der Waals surface area (Å²) in [6.07, 6.45) is -0.0208. The van der Waals surface area contributed by atoms with Crippen LogP contribution < -0.4 is 5.32 Å². The van der Waals surface area contributed by atoms with E-state index in [-0.39, 0.29) is 24.6 Å². The molecule has 6 heteroatoms. The van der Waals surface area contributed by atoms with Crippen molar-refractivity contribution in [2.45, 2.75) is 32.4 Å². The van der Waals surface area contributed by atoms with Gasteiger partial charge in [0.1, 0.15) is 0 Å². The standard InChI is InChI=1S/C15H29N3O3/c1-10(20)4-14(16-9-19)11(2)15(21)18-7-12-5-17(3)6-13(12)8-18/h10-14,16,19-20H,4-9H2,1-3H3/t10-,11-,12?,13?,14+/m1/s1. The first kappa shape index (κ1) is 16.7. The highest BCUT2D eigenvalue weighted by molar-refractivity contribution is 5.79. The molecule has 0 aliphatic carbocycles. The fraction of sp³-hybridized carbons (Fsp3) is 0.933. The monoisotopic (exact) mass is 299 g/mol. The Labute approximate surface area is 127 Å². The fourth-order valence-corrected chi connectivity index (χ4v) is 3.82. The lowest BCUT2D eigenvalue weighted by molar-refractivity contribution is -0.135. The Morgan fingerprint density at radius 1 is 1.24 bits per heavy atom. The lowest BCUT2D eigenvalue weighted by Gasteiger charge is -2.29. The Kier molecular flexibility index (Phi) is 5.60. The molecule has 21 heavy (non-hydrogen) atoms. The van der Waals surface area contributed by atoms with Crippen molar-refractivity contribution < 1.29 is 15.0 Å². The molecule has 2 aliphatic rings. The molecule has 2 heterocycles. The van der Waals surface area contributed by atoms with E-state index in [2.05, 4.69) is 17.3 Å². The van der Waals surface area contributed by atoms with Crippen molar-refractivity contribution in [2.24, 2.45) is 17.8 Å². The molecule has 0 saturated carbocycles. The number of fused-ring (bicyclic) bond motifs is 1. The predicted octanol–water partition coefficient (Wildman–Crippen LogP) is -0.679. The number of carbonyl (C=O) groups is 1. The molecule has 2 unspecified atom stereocenters. The van der Waals surface area contributed by atoms with Crippen LogP contribution in [0.5, 0.6) is 0 Å². The Hall–Kier alpha value is -0.690. The zero-order valence-corrected chi connectivity index (χ0v) is 13.3. The summed E-state index contributed by atoms with van der Waals surface area (Å²) in [5.74, 6) is 1.11. The van der Waals surface area contributed by atoms with Gasteiger partial charge in [-0.1, -0.05) is 6.92 Å². The molecule has 0 spiro atoms. The molecule has 2 fully saturated rings. The van der Waals surface area contributed by atoms with E-state index in [0.29, 0.717) is 18.3 Å². The number of hydrogen-bond donors (Lipinski definition) is 3. The van der Waals surface area contributed by atoms with Gasteiger partial charge in [0.25, 0.3) is 0 Å². The van der Waals surface area contributed by atoms with Gasteiger partial charge in [0, 0.05) is 32.2 Å². The quantitative estimate of drug-likeness (QED) is 0.567. The molecule has 122 valence electrons. The fourth-order valence-electron chi connectivity index (χ4n) is 3.82. The minimum Gasteiger partial charge on any atom is -0.393 e. The molecule has 2 saturated heterocycles. The van der Waals surface area contributed by atoms with E-state index < -0.39 is 6.10 Å². The van der Waals surface area contributed by atoms with Gasteiger partial charge < -0.3 is 20.0 Å². The second kappa shape index (κ2) is 7.05. The molecule has 2 rings (SSSR count). The Morgan fingerprint density at radius 3 is 2.29 bits per heavy atom. The van der Waals surface area contributed by atoms with Crippen LogP contribution in [0.3, 0.4) is 0 Å². The van der Waals surface area contributed by atoms with Crippen LogP contribution in [-0.2, 0) is 4.79 Å². The summed E-state index contributed by atoms with van der Waals surface area (Å²) in [4.78, 5) is 17.0. The van der Waals surface area contributed by atoms with Crippen molar-refractivity contribution in [3.05, 3.63) is 0 Å². The van der Waals surface area contributed by atoms with E-state index >= 15 is 0 Å². The van der Waals surface area contributed by atoms with E-state index in [1.165, 1.54) is 0 Å². The highest BCUT2D eigenvalue weighted by atomic mass is 16.3. The smallest absolute Gasteiger partial charge is 0.226 e. The molecule has 5 atom stereocenters. The number of rotatable bonds is 6. The molecule has 0 aromatic heterocycles. The van der Waals surface area contributed by atoms with Crippen molar-refractivity contribution >= 4 is 5.91 Å². The summed E-state index contributed by atoms with van der Waals surface area (Å²) in [5, 5.41) is 21.6. The second-order valence-electron chi connectivity index (χ2n) is 6.83. The summed E-state index contributed by atoms with van der Waals surface area (Å²) in [5.41, 5.74) is 0. The summed E-state index contributed by atoms with van der Waals surface area (Å²) >= 11 is 0. The number of amides is 1. The SMILES string of the molecule is C[C@@H](O)C[C@H](NCO)[C@@H](C)C(=O)N1CC2CN(C)CC2C1. The number of aliphatic hydroxyl groups is 2. The zero-order chi connectivity index (χ0) is 15.6. The lowest BCUT2D eigenvalue weighted by Crippen LogP contribution is -2.46. The molecule has 2 aliphatic heterocycles. The summed E-state index contributed by atoms with van der Waals surface area (Å²) in [7, 11) is 2.14. The number of aliphatic hydroxyl groups excluding tert-OH is 2. The molecule has 1 amide bonds. The van der Waals surface area contributed by atoms with Gasteiger partial charge in [0.05, 0.1) is 18.8 Å². The number of likely N-dealkylation sites (tertiary alicyclic amines) is 2. The van der Waals surface area contributed by atoms with Crippen LogP contribution in [0.4, 0.5) is 0 Å². The zero-order valence-electron chi connectivity index (χ0n) is 13.3. The van der Waals surface area contributed by atoms with Gasteiger partial charge in [-0.05, 0) is 32.2 Å². The third-order valence-electron chi connectivity index (χ3n) is 4.92. The van der Waals surface area contributed by atoms with E-state index in [0.717, 1.165) is 26.2 Å². The first-order valence-electron chi connectivity index (χ1n) is 7.92. The van der Waals surface area contributed by atoms with Gasteiger partial charge in [-0.15, -0.1) is 0 Å². The minimum atomic E-state index is -0.490.